The molecule has 0 aliphatic heterocycles. The summed E-state index contributed by atoms with van der Waals surface area (Å²) in [4.78, 5) is 22.3. The van der Waals surface area contributed by atoms with Crippen molar-refractivity contribution in [2.24, 2.45) is 11.7 Å². The zero-order valence-corrected chi connectivity index (χ0v) is 8.96. The summed E-state index contributed by atoms with van der Waals surface area (Å²) in [6.45, 7) is 8.98. The van der Waals surface area contributed by atoms with Gasteiger partial charge in [0.15, 0.2) is 0 Å². The summed E-state index contributed by atoms with van der Waals surface area (Å²) < 4.78 is 0. The van der Waals surface area contributed by atoms with Crippen molar-refractivity contribution in [2.75, 3.05) is 0 Å². The quantitative estimate of drug-likeness (QED) is 0.634. The Hall–Kier alpha value is -1.32. The van der Waals surface area contributed by atoms with Crippen molar-refractivity contribution >= 4 is 11.8 Å². The summed E-state index contributed by atoms with van der Waals surface area (Å²) in [5.74, 6) is -0.848. The first-order valence-corrected chi connectivity index (χ1v) is 4.58. The van der Waals surface area contributed by atoms with Gasteiger partial charge in [0.05, 0.1) is 0 Å². The van der Waals surface area contributed by atoms with E-state index in [4.69, 9.17) is 5.73 Å². The number of carbonyl (C=O) groups excluding carboxylic acids is 2. The van der Waals surface area contributed by atoms with Gasteiger partial charge in [-0.05, 0) is 13.3 Å². The van der Waals surface area contributed by atoms with E-state index in [1.165, 1.54) is 0 Å². The van der Waals surface area contributed by atoms with Crippen LogP contribution < -0.4 is 11.1 Å². The molecule has 4 heteroatoms. The first-order valence-electron chi connectivity index (χ1n) is 4.58. The van der Waals surface area contributed by atoms with Gasteiger partial charge in [-0.25, -0.2) is 0 Å². The van der Waals surface area contributed by atoms with Crippen molar-refractivity contribution < 1.29 is 9.59 Å². The van der Waals surface area contributed by atoms with Crippen LogP contribution in [0.1, 0.15) is 27.2 Å². The zero-order valence-electron chi connectivity index (χ0n) is 8.96. The van der Waals surface area contributed by atoms with E-state index in [-0.39, 0.29) is 11.8 Å². The van der Waals surface area contributed by atoms with Crippen LogP contribution in [-0.4, -0.2) is 17.9 Å². The van der Waals surface area contributed by atoms with E-state index in [0.717, 1.165) is 5.57 Å². The van der Waals surface area contributed by atoms with Gasteiger partial charge in [0.2, 0.25) is 11.8 Å². The number of amides is 2. The van der Waals surface area contributed by atoms with Crippen molar-refractivity contribution in [3.63, 3.8) is 0 Å². The average molecular weight is 198 g/mol. The Labute approximate surface area is 84.5 Å². The Bertz CT molecular complexity index is 247. The second-order valence-corrected chi connectivity index (χ2v) is 3.78. The Kier molecular flexibility index (Phi) is 4.91. The minimum absolute atomic E-state index is 0.151. The van der Waals surface area contributed by atoms with Crippen LogP contribution >= 0.6 is 0 Å². The van der Waals surface area contributed by atoms with Crippen molar-refractivity contribution in [2.45, 2.75) is 33.2 Å². The highest BCUT2D eigenvalue weighted by Crippen LogP contribution is 2.03. The number of carbonyl (C=O) groups is 2. The van der Waals surface area contributed by atoms with Gasteiger partial charge in [-0.15, -0.1) is 6.58 Å². The van der Waals surface area contributed by atoms with E-state index in [1.807, 2.05) is 0 Å². The lowest BCUT2D eigenvalue weighted by molar-refractivity contribution is -0.129. The van der Waals surface area contributed by atoms with Crippen LogP contribution in [0, 0.1) is 5.92 Å². The monoisotopic (exact) mass is 198 g/mol. The molecule has 3 N–H and O–H groups in total. The molecule has 0 aliphatic rings. The van der Waals surface area contributed by atoms with E-state index in [0.29, 0.717) is 6.42 Å². The summed E-state index contributed by atoms with van der Waals surface area (Å²) in [6, 6.07) is -0.637. The van der Waals surface area contributed by atoms with Gasteiger partial charge < -0.3 is 11.1 Å². The lowest BCUT2D eigenvalue weighted by Gasteiger charge is -2.16. The van der Waals surface area contributed by atoms with Gasteiger partial charge in [-0.3, -0.25) is 9.59 Å². The van der Waals surface area contributed by atoms with Gasteiger partial charge in [0.25, 0.3) is 0 Å². The highest BCUT2D eigenvalue weighted by atomic mass is 16.2. The fraction of sp³-hybridized carbons (Fsp3) is 0.600. The number of hydrogen-bond acceptors (Lipinski definition) is 2. The van der Waals surface area contributed by atoms with Crippen LogP contribution in [0.3, 0.4) is 0 Å². The summed E-state index contributed by atoms with van der Waals surface area (Å²) in [5.41, 5.74) is 5.96. The maximum atomic E-state index is 11.3. The Morgan fingerprint density at radius 2 is 1.93 bits per heavy atom. The van der Waals surface area contributed by atoms with Crippen LogP contribution in [0.4, 0.5) is 0 Å². The van der Waals surface area contributed by atoms with Crippen molar-refractivity contribution in [1.82, 2.24) is 5.32 Å². The maximum Gasteiger partial charge on any atom is 0.240 e. The smallest absolute Gasteiger partial charge is 0.240 e. The first-order chi connectivity index (χ1) is 6.34. The lowest BCUT2D eigenvalue weighted by atomic mass is 10.1. The molecular formula is C10H18N2O2. The molecule has 0 fully saturated rings. The fourth-order valence-corrected chi connectivity index (χ4v) is 0.910. The van der Waals surface area contributed by atoms with Crippen molar-refractivity contribution in [3.8, 4) is 0 Å². The predicted molar refractivity (Wildman–Crippen MR) is 55.4 cm³/mol. The lowest BCUT2D eigenvalue weighted by Crippen LogP contribution is -2.45. The van der Waals surface area contributed by atoms with Gasteiger partial charge in [0, 0.05) is 5.92 Å². The fourth-order valence-electron chi connectivity index (χ4n) is 0.910. The largest absolute Gasteiger partial charge is 0.368 e. The zero-order chi connectivity index (χ0) is 11.3. The number of nitrogens with two attached hydrogens (primary N) is 1. The second kappa shape index (κ2) is 5.42. The van der Waals surface area contributed by atoms with Crippen molar-refractivity contribution in [3.05, 3.63) is 12.2 Å². The molecule has 0 unspecified atom stereocenters. The molecule has 14 heavy (non-hydrogen) atoms. The SMILES string of the molecule is C=C(C)C[C@H](NC(=O)C(C)C)C(N)=O. The van der Waals surface area contributed by atoms with Gasteiger partial charge in [-0.2, -0.15) is 0 Å². The van der Waals surface area contributed by atoms with Crippen LogP contribution in [-0.2, 0) is 9.59 Å². The first kappa shape index (κ1) is 12.7. The highest BCUT2D eigenvalue weighted by Gasteiger charge is 2.19. The molecule has 0 saturated heterocycles. The van der Waals surface area contributed by atoms with E-state index in [9.17, 15) is 9.59 Å². The third-order valence-corrected chi connectivity index (χ3v) is 1.74. The minimum Gasteiger partial charge on any atom is -0.368 e. The number of primary amides is 1. The van der Waals surface area contributed by atoms with Gasteiger partial charge in [-0.1, -0.05) is 19.4 Å². The molecule has 0 saturated carbocycles. The maximum absolute atomic E-state index is 11.3. The minimum atomic E-state index is -0.637. The Morgan fingerprint density at radius 1 is 1.43 bits per heavy atom. The number of hydrogen-bond donors (Lipinski definition) is 2. The van der Waals surface area contributed by atoms with E-state index >= 15 is 0 Å². The molecular weight excluding hydrogens is 180 g/mol. The van der Waals surface area contributed by atoms with Crippen molar-refractivity contribution in [1.29, 1.82) is 0 Å². The molecule has 0 rings (SSSR count). The van der Waals surface area contributed by atoms with Gasteiger partial charge in [0.1, 0.15) is 6.04 Å². The average Bonchev–Trinajstić information content (AvgIpc) is 2.01. The standard InChI is InChI=1S/C10H18N2O2/c1-6(2)5-8(9(11)13)12-10(14)7(3)4/h7-8H,1,5H2,2-4H3,(H2,11,13)(H,12,14)/t8-/m0/s1. The molecule has 0 aromatic heterocycles. The highest BCUT2D eigenvalue weighted by molar-refractivity contribution is 5.87. The molecule has 0 aliphatic carbocycles. The van der Waals surface area contributed by atoms with Crippen LogP contribution in [0.25, 0.3) is 0 Å². The van der Waals surface area contributed by atoms with Crippen LogP contribution in [0.5, 0.6) is 0 Å². The van der Waals surface area contributed by atoms with Gasteiger partial charge >= 0.3 is 0 Å². The van der Waals surface area contributed by atoms with E-state index in [1.54, 1.807) is 20.8 Å². The summed E-state index contributed by atoms with van der Waals surface area (Å²) in [7, 11) is 0. The third-order valence-electron chi connectivity index (χ3n) is 1.74. The summed E-state index contributed by atoms with van der Waals surface area (Å²) in [6.07, 6.45) is 0.397. The normalized spacial score (nSPS) is 12.3. The van der Waals surface area contributed by atoms with E-state index < -0.39 is 11.9 Å². The molecule has 0 spiro atoms. The molecule has 80 valence electrons. The molecule has 0 radical (unpaired) electrons. The molecule has 0 bridgehead atoms. The predicted octanol–water partition coefficient (Wildman–Crippen LogP) is 0.579. The molecule has 0 heterocycles. The number of rotatable bonds is 5. The van der Waals surface area contributed by atoms with E-state index in [2.05, 4.69) is 11.9 Å². The topological polar surface area (TPSA) is 72.2 Å². The second-order valence-electron chi connectivity index (χ2n) is 3.78. The Morgan fingerprint density at radius 3 is 2.21 bits per heavy atom. The number of nitrogens with one attached hydrogen (secondary N) is 1. The summed E-state index contributed by atoms with van der Waals surface area (Å²) >= 11 is 0. The molecule has 4 nitrogen and oxygen atoms in total. The summed E-state index contributed by atoms with van der Waals surface area (Å²) in [5, 5.41) is 2.57. The molecule has 1 atom stereocenters. The molecule has 0 aromatic carbocycles. The molecule has 0 aromatic rings. The van der Waals surface area contributed by atoms with Crippen LogP contribution in [0.15, 0.2) is 12.2 Å². The third kappa shape index (κ3) is 4.64. The van der Waals surface area contributed by atoms with Crippen LogP contribution in [0.2, 0.25) is 0 Å². The molecule has 2 amide bonds. The Balaban J connectivity index is 4.31.